The number of carbonyl (C=O) groups is 1. The summed E-state index contributed by atoms with van der Waals surface area (Å²) >= 11 is 0. The Morgan fingerprint density at radius 1 is 1.33 bits per heavy atom. The molecule has 0 radical (unpaired) electrons. The molecule has 1 amide bonds. The van der Waals surface area contributed by atoms with Crippen LogP contribution < -0.4 is 15.5 Å². The molecular formula is C14H18N6O. The van der Waals surface area contributed by atoms with Gasteiger partial charge in [-0.1, -0.05) is 0 Å². The third-order valence-corrected chi connectivity index (χ3v) is 2.92. The third-order valence-electron chi connectivity index (χ3n) is 2.92. The molecule has 2 rings (SSSR count). The van der Waals surface area contributed by atoms with E-state index in [2.05, 4.69) is 25.6 Å². The van der Waals surface area contributed by atoms with Gasteiger partial charge in [-0.3, -0.25) is 4.79 Å². The highest BCUT2D eigenvalue weighted by Gasteiger charge is 2.11. The fraction of sp³-hybridized carbons (Fsp3) is 0.286. The highest BCUT2D eigenvalue weighted by Crippen LogP contribution is 2.24. The van der Waals surface area contributed by atoms with Gasteiger partial charge in [0.1, 0.15) is 11.6 Å². The second-order valence-electron chi connectivity index (χ2n) is 4.35. The predicted octanol–water partition coefficient (Wildman–Crippen LogP) is 1.95. The fourth-order valence-electron chi connectivity index (χ4n) is 1.97. The standard InChI is InChI=1S/C14H18N6O/c1-4-20(11-5-6-12(16-8-11)17-9-21)13-7-10(2)18-14(15-3)19-13/h5-9H,4H2,1-3H3,(H,15,18,19)(H,16,17,21). The van der Waals surface area contributed by atoms with E-state index in [0.29, 0.717) is 18.2 Å². The van der Waals surface area contributed by atoms with E-state index < -0.39 is 0 Å². The van der Waals surface area contributed by atoms with Crippen LogP contribution in [0.4, 0.5) is 23.3 Å². The molecule has 0 saturated carbocycles. The van der Waals surface area contributed by atoms with Crippen LogP contribution in [0.3, 0.4) is 0 Å². The molecule has 0 aliphatic rings. The van der Waals surface area contributed by atoms with Crippen molar-refractivity contribution in [2.24, 2.45) is 0 Å². The molecule has 0 aliphatic heterocycles. The van der Waals surface area contributed by atoms with Crippen molar-refractivity contribution in [2.45, 2.75) is 13.8 Å². The van der Waals surface area contributed by atoms with Gasteiger partial charge in [0.2, 0.25) is 12.4 Å². The van der Waals surface area contributed by atoms with E-state index in [9.17, 15) is 4.79 Å². The van der Waals surface area contributed by atoms with Crippen molar-refractivity contribution in [1.82, 2.24) is 15.0 Å². The van der Waals surface area contributed by atoms with Crippen LogP contribution in [0.5, 0.6) is 0 Å². The van der Waals surface area contributed by atoms with Crippen molar-refractivity contribution >= 4 is 29.7 Å². The van der Waals surface area contributed by atoms with E-state index in [-0.39, 0.29) is 0 Å². The van der Waals surface area contributed by atoms with Gasteiger partial charge in [-0.25, -0.2) is 9.97 Å². The molecule has 2 aromatic rings. The fourth-order valence-corrected chi connectivity index (χ4v) is 1.97. The number of aryl methyl sites for hydroxylation is 1. The molecule has 0 bridgehead atoms. The summed E-state index contributed by atoms with van der Waals surface area (Å²) in [6, 6.07) is 5.56. The number of anilines is 4. The third kappa shape index (κ3) is 3.44. The average molecular weight is 286 g/mol. The second kappa shape index (κ2) is 6.65. The molecule has 2 heterocycles. The van der Waals surface area contributed by atoms with E-state index in [1.54, 1.807) is 19.3 Å². The number of nitrogens with one attached hydrogen (secondary N) is 2. The minimum atomic E-state index is 0.514. The van der Waals surface area contributed by atoms with Gasteiger partial charge in [-0.05, 0) is 26.0 Å². The molecule has 0 saturated heterocycles. The minimum absolute atomic E-state index is 0.514. The van der Waals surface area contributed by atoms with Gasteiger partial charge >= 0.3 is 0 Å². The van der Waals surface area contributed by atoms with Crippen molar-refractivity contribution in [3.8, 4) is 0 Å². The summed E-state index contributed by atoms with van der Waals surface area (Å²) < 4.78 is 0. The zero-order chi connectivity index (χ0) is 15.2. The van der Waals surface area contributed by atoms with Gasteiger partial charge in [0, 0.05) is 25.4 Å². The first-order valence-corrected chi connectivity index (χ1v) is 6.65. The van der Waals surface area contributed by atoms with E-state index in [1.165, 1.54) is 0 Å². The van der Waals surface area contributed by atoms with E-state index in [0.717, 1.165) is 23.7 Å². The van der Waals surface area contributed by atoms with Gasteiger partial charge in [0.25, 0.3) is 0 Å². The maximum atomic E-state index is 10.4. The Bertz CT molecular complexity index is 613. The Morgan fingerprint density at radius 3 is 2.71 bits per heavy atom. The van der Waals surface area contributed by atoms with E-state index in [1.807, 2.05) is 30.9 Å². The Kier molecular flexibility index (Phi) is 4.65. The van der Waals surface area contributed by atoms with Crippen LogP contribution in [0.15, 0.2) is 24.4 Å². The maximum absolute atomic E-state index is 10.4. The van der Waals surface area contributed by atoms with Crippen LogP contribution in [0.1, 0.15) is 12.6 Å². The van der Waals surface area contributed by atoms with Gasteiger partial charge in [0.05, 0.1) is 11.9 Å². The molecular weight excluding hydrogens is 268 g/mol. The summed E-state index contributed by atoms with van der Waals surface area (Å²) in [5.41, 5.74) is 1.78. The molecule has 0 atom stereocenters. The Labute approximate surface area is 123 Å². The van der Waals surface area contributed by atoms with Crippen molar-refractivity contribution in [1.29, 1.82) is 0 Å². The van der Waals surface area contributed by atoms with Crippen molar-refractivity contribution in [3.05, 3.63) is 30.1 Å². The minimum Gasteiger partial charge on any atom is -0.357 e. The summed E-state index contributed by atoms with van der Waals surface area (Å²) in [5, 5.41) is 5.46. The van der Waals surface area contributed by atoms with Crippen molar-refractivity contribution in [2.75, 3.05) is 29.1 Å². The van der Waals surface area contributed by atoms with Gasteiger partial charge in [-0.2, -0.15) is 4.98 Å². The lowest BCUT2D eigenvalue weighted by molar-refractivity contribution is -0.105. The molecule has 7 nitrogen and oxygen atoms in total. The van der Waals surface area contributed by atoms with Crippen molar-refractivity contribution in [3.63, 3.8) is 0 Å². The zero-order valence-corrected chi connectivity index (χ0v) is 12.3. The summed E-state index contributed by atoms with van der Waals surface area (Å²) in [7, 11) is 1.79. The van der Waals surface area contributed by atoms with Gasteiger partial charge in [-0.15, -0.1) is 0 Å². The van der Waals surface area contributed by atoms with Crippen molar-refractivity contribution < 1.29 is 4.79 Å². The molecule has 0 fully saturated rings. The first kappa shape index (κ1) is 14.7. The first-order chi connectivity index (χ1) is 10.2. The number of amides is 1. The van der Waals surface area contributed by atoms with Crippen LogP contribution in [0, 0.1) is 6.92 Å². The number of hydrogen-bond donors (Lipinski definition) is 2. The van der Waals surface area contributed by atoms with Gasteiger partial charge < -0.3 is 15.5 Å². The lowest BCUT2D eigenvalue weighted by Gasteiger charge is -2.22. The Balaban J connectivity index is 2.34. The first-order valence-electron chi connectivity index (χ1n) is 6.65. The predicted molar refractivity (Wildman–Crippen MR) is 82.9 cm³/mol. The highest BCUT2D eigenvalue weighted by atomic mass is 16.1. The topological polar surface area (TPSA) is 83.0 Å². The molecule has 0 aliphatic carbocycles. The summed E-state index contributed by atoms with van der Waals surface area (Å²) in [6.45, 7) is 4.70. The van der Waals surface area contributed by atoms with Crippen LogP contribution >= 0.6 is 0 Å². The summed E-state index contributed by atoms with van der Waals surface area (Å²) in [4.78, 5) is 25.3. The molecule has 110 valence electrons. The number of carbonyl (C=O) groups excluding carboxylic acids is 1. The number of pyridine rings is 1. The highest BCUT2D eigenvalue weighted by molar-refractivity contribution is 5.70. The largest absolute Gasteiger partial charge is 0.357 e. The number of rotatable bonds is 6. The van der Waals surface area contributed by atoms with Crippen LogP contribution in [-0.2, 0) is 4.79 Å². The average Bonchev–Trinajstić information content (AvgIpc) is 2.49. The zero-order valence-electron chi connectivity index (χ0n) is 12.3. The lowest BCUT2D eigenvalue weighted by Crippen LogP contribution is -2.18. The summed E-state index contributed by atoms with van der Waals surface area (Å²) in [6.07, 6.45) is 2.30. The van der Waals surface area contributed by atoms with Crippen LogP contribution in [0.2, 0.25) is 0 Å². The second-order valence-corrected chi connectivity index (χ2v) is 4.35. The maximum Gasteiger partial charge on any atom is 0.224 e. The smallest absolute Gasteiger partial charge is 0.224 e. The molecule has 7 heteroatoms. The van der Waals surface area contributed by atoms with Crippen LogP contribution in [-0.4, -0.2) is 35.0 Å². The number of aromatic nitrogens is 3. The Hall–Kier alpha value is -2.70. The molecule has 0 unspecified atom stereocenters. The normalized spacial score (nSPS) is 10.0. The van der Waals surface area contributed by atoms with E-state index in [4.69, 9.17) is 0 Å². The molecule has 21 heavy (non-hydrogen) atoms. The SMILES string of the molecule is CCN(c1ccc(NC=O)nc1)c1cc(C)nc(NC)n1. The molecule has 2 N–H and O–H groups in total. The number of hydrogen-bond acceptors (Lipinski definition) is 6. The molecule has 0 spiro atoms. The molecule has 2 aromatic heterocycles. The molecule has 0 aromatic carbocycles. The Morgan fingerprint density at radius 2 is 2.14 bits per heavy atom. The number of nitrogens with zero attached hydrogens (tertiary/aromatic N) is 4. The van der Waals surface area contributed by atoms with Crippen LogP contribution in [0.25, 0.3) is 0 Å². The summed E-state index contributed by atoms with van der Waals surface area (Å²) in [5.74, 6) is 1.89. The quantitative estimate of drug-likeness (QED) is 0.790. The lowest BCUT2D eigenvalue weighted by atomic mass is 10.3. The monoisotopic (exact) mass is 286 g/mol. The van der Waals surface area contributed by atoms with Gasteiger partial charge in [0.15, 0.2) is 0 Å². The van der Waals surface area contributed by atoms with E-state index >= 15 is 0 Å².